The molecule has 0 fully saturated rings. The lowest BCUT2D eigenvalue weighted by atomic mass is 10.3. The second-order valence-corrected chi connectivity index (χ2v) is 1.71. The zero-order chi connectivity index (χ0) is 6.69. The number of nitrogens with two attached hydrogens (primary N) is 1. The van der Waals surface area contributed by atoms with Crippen LogP contribution < -0.4 is 5.73 Å². The number of anilines is 1. The first-order valence-corrected chi connectivity index (χ1v) is 2.59. The van der Waals surface area contributed by atoms with Crippen molar-refractivity contribution in [1.82, 2.24) is 4.98 Å². The van der Waals surface area contributed by atoms with E-state index in [0.29, 0.717) is 11.3 Å². The van der Waals surface area contributed by atoms with Gasteiger partial charge in [-0.25, -0.2) is 4.39 Å². The third kappa shape index (κ3) is 1.16. The Morgan fingerprint density at radius 1 is 1.67 bits per heavy atom. The van der Waals surface area contributed by atoms with Crippen molar-refractivity contribution in [3.05, 3.63) is 24.0 Å². The Kier molecular flexibility index (Phi) is 1.63. The fraction of sp³-hybridized carbons (Fsp3) is 0.167. The van der Waals surface area contributed by atoms with Crippen molar-refractivity contribution >= 4 is 5.69 Å². The molecular formula is C6H7FN2. The lowest BCUT2D eigenvalue weighted by molar-refractivity contribution is 0.485. The molecule has 0 saturated heterocycles. The molecule has 3 heteroatoms. The van der Waals surface area contributed by atoms with Crippen LogP contribution in [0.1, 0.15) is 5.56 Å². The minimum Gasteiger partial charge on any atom is -0.398 e. The molecule has 0 saturated carbocycles. The van der Waals surface area contributed by atoms with Crippen LogP contribution in [0.2, 0.25) is 0 Å². The van der Waals surface area contributed by atoms with E-state index in [0.717, 1.165) is 0 Å². The number of halogens is 1. The van der Waals surface area contributed by atoms with E-state index < -0.39 is 6.67 Å². The van der Waals surface area contributed by atoms with Gasteiger partial charge in [-0.15, -0.1) is 0 Å². The Labute approximate surface area is 52.5 Å². The predicted molar refractivity (Wildman–Crippen MR) is 33.5 cm³/mol. The van der Waals surface area contributed by atoms with Gasteiger partial charge in [0.1, 0.15) is 6.67 Å². The Morgan fingerprint density at radius 3 is 2.89 bits per heavy atom. The van der Waals surface area contributed by atoms with Crippen molar-refractivity contribution in [2.75, 3.05) is 5.73 Å². The molecule has 0 unspecified atom stereocenters. The quantitative estimate of drug-likeness (QED) is 0.612. The van der Waals surface area contributed by atoms with Crippen LogP contribution in [0.25, 0.3) is 0 Å². The summed E-state index contributed by atoms with van der Waals surface area (Å²) < 4.78 is 11.9. The lowest BCUT2D eigenvalue weighted by Crippen LogP contribution is -1.91. The van der Waals surface area contributed by atoms with Crippen molar-refractivity contribution in [1.29, 1.82) is 0 Å². The van der Waals surface area contributed by atoms with E-state index in [1.807, 2.05) is 0 Å². The number of rotatable bonds is 1. The van der Waals surface area contributed by atoms with Gasteiger partial charge < -0.3 is 5.73 Å². The number of alkyl halides is 1. The van der Waals surface area contributed by atoms with Crippen molar-refractivity contribution in [2.24, 2.45) is 0 Å². The summed E-state index contributed by atoms with van der Waals surface area (Å²) >= 11 is 0. The van der Waals surface area contributed by atoms with E-state index >= 15 is 0 Å². The van der Waals surface area contributed by atoms with Crippen LogP contribution in [0.3, 0.4) is 0 Å². The molecule has 9 heavy (non-hydrogen) atoms. The molecule has 48 valence electrons. The van der Waals surface area contributed by atoms with Gasteiger partial charge in [-0.2, -0.15) is 0 Å². The lowest BCUT2D eigenvalue weighted by Gasteiger charge is -1.95. The minimum atomic E-state index is -0.542. The highest BCUT2D eigenvalue weighted by Gasteiger charge is 1.93. The zero-order valence-electron chi connectivity index (χ0n) is 4.84. The second kappa shape index (κ2) is 2.44. The number of hydrogen-bond acceptors (Lipinski definition) is 2. The molecule has 0 aliphatic carbocycles. The van der Waals surface area contributed by atoms with Gasteiger partial charge in [0.25, 0.3) is 0 Å². The molecule has 2 nitrogen and oxygen atoms in total. The van der Waals surface area contributed by atoms with E-state index in [1.54, 1.807) is 6.07 Å². The normalized spacial score (nSPS) is 9.44. The van der Waals surface area contributed by atoms with Crippen LogP contribution in [-0.4, -0.2) is 4.98 Å². The maximum atomic E-state index is 11.9. The number of pyridine rings is 1. The Balaban J connectivity index is 3.01. The predicted octanol–water partition coefficient (Wildman–Crippen LogP) is 1.13. The SMILES string of the molecule is Nc1ccncc1CF. The smallest absolute Gasteiger partial charge is 0.118 e. The van der Waals surface area contributed by atoms with E-state index in [9.17, 15) is 4.39 Å². The summed E-state index contributed by atoms with van der Waals surface area (Å²) in [5.41, 5.74) is 6.27. The molecule has 0 spiro atoms. The minimum absolute atomic E-state index is 0.456. The van der Waals surface area contributed by atoms with Crippen LogP contribution in [0.5, 0.6) is 0 Å². The molecule has 0 bridgehead atoms. The van der Waals surface area contributed by atoms with Crippen molar-refractivity contribution < 1.29 is 4.39 Å². The highest BCUT2D eigenvalue weighted by molar-refractivity contribution is 5.43. The van der Waals surface area contributed by atoms with Crippen LogP contribution in [0.4, 0.5) is 10.1 Å². The monoisotopic (exact) mass is 126 g/mol. The molecule has 0 aliphatic rings. The van der Waals surface area contributed by atoms with E-state index in [-0.39, 0.29) is 0 Å². The third-order valence-corrected chi connectivity index (χ3v) is 1.09. The highest BCUT2D eigenvalue weighted by atomic mass is 19.1. The number of nitrogen functional groups attached to an aromatic ring is 1. The largest absolute Gasteiger partial charge is 0.398 e. The fourth-order valence-corrected chi connectivity index (χ4v) is 0.550. The summed E-state index contributed by atoms with van der Waals surface area (Å²) in [7, 11) is 0. The van der Waals surface area contributed by atoms with Gasteiger partial charge in [-0.05, 0) is 6.07 Å². The topological polar surface area (TPSA) is 38.9 Å². The number of nitrogens with zero attached hydrogens (tertiary/aromatic N) is 1. The van der Waals surface area contributed by atoms with E-state index in [1.165, 1.54) is 12.4 Å². The molecule has 0 atom stereocenters. The molecule has 0 aliphatic heterocycles. The molecule has 1 heterocycles. The average molecular weight is 126 g/mol. The van der Waals surface area contributed by atoms with Gasteiger partial charge in [-0.1, -0.05) is 0 Å². The van der Waals surface area contributed by atoms with Crippen LogP contribution in [0, 0.1) is 0 Å². The molecule has 0 radical (unpaired) electrons. The third-order valence-electron chi connectivity index (χ3n) is 1.09. The van der Waals surface area contributed by atoms with Crippen molar-refractivity contribution in [3.63, 3.8) is 0 Å². The van der Waals surface area contributed by atoms with Gasteiger partial charge in [0, 0.05) is 23.6 Å². The fourth-order valence-electron chi connectivity index (χ4n) is 0.550. The first kappa shape index (κ1) is 6.01. The zero-order valence-corrected chi connectivity index (χ0v) is 4.84. The van der Waals surface area contributed by atoms with Gasteiger partial charge in [-0.3, -0.25) is 4.98 Å². The van der Waals surface area contributed by atoms with E-state index in [2.05, 4.69) is 4.98 Å². The number of aromatic nitrogens is 1. The Bertz CT molecular complexity index is 200. The van der Waals surface area contributed by atoms with Gasteiger partial charge in [0.05, 0.1) is 0 Å². The highest BCUT2D eigenvalue weighted by Crippen LogP contribution is 2.08. The standard InChI is InChI=1S/C6H7FN2/c7-3-5-4-9-2-1-6(5)8/h1-2,4H,3H2,(H2,8,9). The van der Waals surface area contributed by atoms with Gasteiger partial charge in [0.2, 0.25) is 0 Å². The molecule has 0 aromatic carbocycles. The Morgan fingerprint density at radius 2 is 2.44 bits per heavy atom. The molecule has 1 rings (SSSR count). The van der Waals surface area contributed by atoms with Crippen molar-refractivity contribution in [2.45, 2.75) is 6.67 Å². The van der Waals surface area contributed by atoms with Crippen LogP contribution in [-0.2, 0) is 6.67 Å². The maximum Gasteiger partial charge on any atom is 0.118 e. The summed E-state index contributed by atoms with van der Waals surface area (Å²) in [4.78, 5) is 3.70. The van der Waals surface area contributed by atoms with E-state index in [4.69, 9.17) is 5.73 Å². The summed E-state index contributed by atoms with van der Waals surface area (Å²) in [5.74, 6) is 0. The summed E-state index contributed by atoms with van der Waals surface area (Å²) in [5, 5.41) is 0. The first-order valence-electron chi connectivity index (χ1n) is 2.59. The Hall–Kier alpha value is -1.12. The number of hydrogen-bond donors (Lipinski definition) is 1. The molecule has 1 aromatic rings. The molecule has 1 aromatic heterocycles. The summed E-state index contributed by atoms with van der Waals surface area (Å²) in [6, 6.07) is 1.58. The average Bonchev–Trinajstić information content (AvgIpc) is 1.89. The maximum absolute atomic E-state index is 11.9. The van der Waals surface area contributed by atoms with Crippen LogP contribution >= 0.6 is 0 Å². The second-order valence-electron chi connectivity index (χ2n) is 1.71. The molecule has 0 amide bonds. The molecular weight excluding hydrogens is 119 g/mol. The molecule has 2 N–H and O–H groups in total. The van der Waals surface area contributed by atoms with Gasteiger partial charge >= 0.3 is 0 Å². The van der Waals surface area contributed by atoms with Crippen LogP contribution in [0.15, 0.2) is 18.5 Å². The summed E-state index contributed by atoms with van der Waals surface area (Å²) in [6.07, 6.45) is 2.96. The van der Waals surface area contributed by atoms with Crippen molar-refractivity contribution in [3.8, 4) is 0 Å². The summed E-state index contributed by atoms with van der Waals surface area (Å²) in [6.45, 7) is -0.542. The van der Waals surface area contributed by atoms with Gasteiger partial charge in [0.15, 0.2) is 0 Å². The first-order chi connectivity index (χ1) is 4.34.